The maximum atomic E-state index is 11.1. The third-order valence-electron chi connectivity index (χ3n) is 7.05. The van der Waals surface area contributed by atoms with Gasteiger partial charge in [-0.25, -0.2) is 4.79 Å². The summed E-state index contributed by atoms with van der Waals surface area (Å²) in [4.78, 5) is 15.9. The smallest absolute Gasteiger partial charge is 0.346 e. The summed E-state index contributed by atoms with van der Waals surface area (Å²) in [7, 11) is 0. The van der Waals surface area contributed by atoms with Crippen LogP contribution >= 0.6 is 11.3 Å². The molecule has 0 aliphatic carbocycles. The highest BCUT2D eigenvalue weighted by Crippen LogP contribution is 2.42. The zero-order valence-corrected chi connectivity index (χ0v) is 22.8. The molecule has 3 aromatic carbocycles. The molecule has 0 saturated carbocycles. The fourth-order valence-electron chi connectivity index (χ4n) is 5.00. The van der Waals surface area contributed by atoms with Crippen molar-refractivity contribution in [3.05, 3.63) is 101 Å². The van der Waals surface area contributed by atoms with Crippen LogP contribution in [0.4, 0.5) is 11.4 Å². The van der Waals surface area contributed by atoms with Crippen LogP contribution < -0.4 is 4.90 Å². The van der Waals surface area contributed by atoms with Gasteiger partial charge < -0.3 is 10.0 Å². The minimum absolute atomic E-state index is 0.141. The number of nitriles is 1. The van der Waals surface area contributed by atoms with E-state index in [1.807, 2.05) is 24.3 Å². The number of carboxylic acids is 1. The fourth-order valence-corrected chi connectivity index (χ4v) is 6.01. The molecule has 0 radical (unpaired) electrons. The number of rotatable bonds is 5. The van der Waals surface area contributed by atoms with Gasteiger partial charge in [0.2, 0.25) is 0 Å². The maximum Gasteiger partial charge on any atom is 0.346 e. The zero-order chi connectivity index (χ0) is 27.0. The molecule has 2 heterocycles. The van der Waals surface area contributed by atoms with Crippen LogP contribution in [-0.2, 0) is 16.6 Å². The van der Waals surface area contributed by atoms with Crippen LogP contribution in [0.1, 0.15) is 44.4 Å². The van der Waals surface area contributed by atoms with Gasteiger partial charge in [0.15, 0.2) is 0 Å². The molecule has 5 heteroatoms. The van der Waals surface area contributed by atoms with E-state index in [0.29, 0.717) is 11.6 Å². The lowest BCUT2D eigenvalue weighted by molar-refractivity contribution is -0.132. The Balaban J connectivity index is 1.37. The lowest BCUT2D eigenvalue weighted by Crippen LogP contribution is -2.24. The number of thiophene rings is 1. The Labute approximate surface area is 228 Å². The third-order valence-corrected chi connectivity index (χ3v) is 8.24. The first-order valence-corrected chi connectivity index (χ1v) is 13.5. The second kappa shape index (κ2) is 9.96. The zero-order valence-electron chi connectivity index (χ0n) is 22.0. The van der Waals surface area contributed by atoms with Crippen molar-refractivity contribution in [3.63, 3.8) is 0 Å². The number of aliphatic carboxylic acids is 1. The predicted octanol–water partition coefficient (Wildman–Crippen LogP) is 8.45. The van der Waals surface area contributed by atoms with Crippen LogP contribution in [0.15, 0.2) is 84.4 Å². The Morgan fingerprint density at radius 2 is 1.61 bits per heavy atom. The van der Waals surface area contributed by atoms with E-state index in [1.165, 1.54) is 39.0 Å². The van der Waals surface area contributed by atoms with Gasteiger partial charge in [0.1, 0.15) is 11.6 Å². The monoisotopic (exact) mass is 518 g/mol. The molecule has 1 aromatic heterocycles. The summed E-state index contributed by atoms with van der Waals surface area (Å²) in [5.74, 6) is -1.22. The van der Waals surface area contributed by atoms with Gasteiger partial charge in [-0.2, -0.15) is 5.26 Å². The van der Waals surface area contributed by atoms with Crippen LogP contribution in [0.3, 0.4) is 0 Å². The summed E-state index contributed by atoms with van der Waals surface area (Å²) in [6.07, 6.45) is 2.40. The maximum absolute atomic E-state index is 11.1. The van der Waals surface area contributed by atoms with E-state index in [9.17, 15) is 4.79 Å². The molecular weight excluding hydrogens is 488 g/mol. The molecule has 5 rings (SSSR count). The first-order chi connectivity index (χ1) is 18.1. The molecule has 1 unspecified atom stereocenters. The number of benzene rings is 3. The minimum Gasteiger partial charge on any atom is -0.477 e. The summed E-state index contributed by atoms with van der Waals surface area (Å²) in [5, 5.41) is 18.1. The van der Waals surface area contributed by atoms with Crippen LogP contribution in [-0.4, -0.2) is 17.1 Å². The quantitative estimate of drug-likeness (QED) is 0.213. The lowest BCUT2D eigenvalue weighted by Gasteiger charge is -2.26. The third kappa shape index (κ3) is 5.01. The number of hydrogen-bond acceptors (Lipinski definition) is 4. The van der Waals surface area contributed by atoms with Gasteiger partial charge in [0, 0.05) is 27.2 Å². The van der Waals surface area contributed by atoms with Crippen molar-refractivity contribution in [2.45, 2.75) is 45.6 Å². The number of nitrogens with zero attached hydrogens (tertiary/aromatic N) is 2. The first-order valence-electron chi connectivity index (χ1n) is 12.7. The predicted molar refractivity (Wildman–Crippen MR) is 157 cm³/mol. The molecule has 0 amide bonds. The number of anilines is 2. The van der Waals surface area contributed by atoms with E-state index in [0.717, 1.165) is 16.9 Å². The van der Waals surface area contributed by atoms with Crippen molar-refractivity contribution in [1.82, 2.24) is 0 Å². The average molecular weight is 519 g/mol. The first kappa shape index (κ1) is 25.5. The Kier molecular flexibility index (Phi) is 6.69. The minimum atomic E-state index is -1.22. The molecule has 1 aliphatic heterocycles. The van der Waals surface area contributed by atoms with Crippen molar-refractivity contribution < 1.29 is 9.90 Å². The fraction of sp³-hybridized carbons (Fsp3) is 0.212. The summed E-state index contributed by atoms with van der Waals surface area (Å²) >= 11 is 1.74. The van der Waals surface area contributed by atoms with Gasteiger partial charge in [-0.1, -0.05) is 63.2 Å². The molecule has 1 atom stereocenters. The van der Waals surface area contributed by atoms with Crippen molar-refractivity contribution in [3.8, 4) is 27.0 Å². The molecule has 0 spiro atoms. The number of carboxylic acid groups (broad SMARTS) is 1. The second-order valence-electron chi connectivity index (χ2n) is 10.8. The topological polar surface area (TPSA) is 64.3 Å². The molecule has 0 bridgehead atoms. The van der Waals surface area contributed by atoms with Gasteiger partial charge in [0.05, 0.1) is 0 Å². The molecule has 4 nitrogen and oxygen atoms in total. The van der Waals surface area contributed by atoms with Gasteiger partial charge in [0.25, 0.3) is 0 Å². The standard InChI is InChI=1S/C33H30N2O2S/c1-21-17-25-19-24(9-14-29(25)35(21)28-12-10-27(11-13-28)33(2,3)4)31-16-15-30(38-31)23-7-5-22(6-8-23)18-26(20-34)32(36)37/h5-16,18-19,21H,17H2,1-4H3,(H,36,37)/b26-18+. The number of hydrogen-bond donors (Lipinski definition) is 1. The van der Waals surface area contributed by atoms with Crippen LogP contribution in [0.25, 0.3) is 27.0 Å². The molecule has 38 heavy (non-hydrogen) atoms. The Morgan fingerprint density at radius 3 is 2.21 bits per heavy atom. The van der Waals surface area contributed by atoms with Gasteiger partial charge in [-0.05, 0) is 89.1 Å². The summed E-state index contributed by atoms with van der Waals surface area (Å²) in [5.41, 5.74) is 8.06. The van der Waals surface area contributed by atoms with Crippen molar-refractivity contribution >= 4 is 34.8 Å². The van der Waals surface area contributed by atoms with E-state index < -0.39 is 5.97 Å². The van der Waals surface area contributed by atoms with Crippen LogP contribution in [0.2, 0.25) is 0 Å². The molecule has 0 saturated heterocycles. The van der Waals surface area contributed by atoms with E-state index >= 15 is 0 Å². The van der Waals surface area contributed by atoms with Crippen molar-refractivity contribution in [2.24, 2.45) is 0 Å². The molecule has 1 N–H and O–H groups in total. The molecule has 190 valence electrons. The van der Waals surface area contributed by atoms with Gasteiger partial charge in [-0.15, -0.1) is 11.3 Å². The van der Waals surface area contributed by atoms with E-state index in [1.54, 1.807) is 17.4 Å². The highest BCUT2D eigenvalue weighted by molar-refractivity contribution is 7.18. The summed E-state index contributed by atoms with van der Waals surface area (Å²) < 4.78 is 0. The normalized spacial score (nSPS) is 15.3. The number of carbonyl (C=O) groups is 1. The SMILES string of the molecule is CC1Cc2cc(-c3ccc(-c4ccc(/C=C(\C#N)C(=O)O)cc4)s3)ccc2N1c1ccc(C(C)(C)C)cc1. The van der Waals surface area contributed by atoms with Crippen molar-refractivity contribution in [1.29, 1.82) is 5.26 Å². The Bertz CT molecular complexity index is 1570. The van der Waals surface area contributed by atoms with Gasteiger partial charge >= 0.3 is 5.97 Å². The van der Waals surface area contributed by atoms with E-state index in [4.69, 9.17) is 10.4 Å². The number of fused-ring (bicyclic) bond motifs is 1. The average Bonchev–Trinajstić information content (AvgIpc) is 3.51. The Hall–Kier alpha value is -4.14. The van der Waals surface area contributed by atoms with E-state index in [2.05, 4.69) is 87.2 Å². The molecule has 4 aromatic rings. The van der Waals surface area contributed by atoms with Crippen molar-refractivity contribution in [2.75, 3.05) is 4.90 Å². The Morgan fingerprint density at radius 1 is 0.974 bits per heavy atom. The lowest BCUT2D eigenvalue weighted by atomic mass is 9.87. The molecular formula is C33H30N2O2S. The summed E-state index contributed by atoms with van der Waals surface area (Å²) in [6, 6.07) is 29.8. The van der Waals surface area contributed by atoms with Crippen LogP contribution in [0.5, 0.6) is 0 Å². The van der Waals surface area contributed by atoms with Gasteiger partial charge in [-0.3, -0.25) is 0 Å². The molecule has 0 fully saturated rings. The van der Waals surface area contributed by atoms with E-state index in [-0.39, 0.29) is 11.0 Å². The second-order valence-corrected chi connectivity index (χ2v) is 11.9. The highest BCUT2D eigenvalue weighted by Gasteiger charge is 2.28. The van der Waals surface area contributed by atoms with Crippen LogP contribution in [0, 0.1) is 11.3 Å². The molecule has 1 aliphatic rings. The largest absolute Gasteiger partial charge is 0.477 e. The highest BCUT2D eigenvalue weighted by atomic mass is 32.1. The summed E-state index contributed by atoms with van der Waals surface area (Å²) in [6.45, 7) is 9.02.